The van der Waals surface area contributed by atoms with Crippen molar-refractivity contribution in [1.82, 2.24) is 15.5 Å². The molecule has 2 fully saturated rings. The van der Waals surface area contributed by atoms with E-state index in [1.165, 1.54) is 5.69 Å². The molecule has 1 aromatic carbocycles. The first-order valence-corrected chi connectivity index (χ1v) is 6.85. The van der Waals surface area contributed by atoms with Crippen LogP contribution in [0.2, 0.25) is 0 Å². The highest BCUT2D eigenvalue weighted by molar-refractivity contribution is 5.46. The van der Waals surface area contributed by atoms with Crippen molar-refractivity contribution in [3.05, 3.63) is 30.3 Å². The van der Waals surface area contributed by atoms with Gasteiger partial charge in [-0.05, 0) is 12.1 Å². The molecule has 1 radical (unpaired) electrons. The van der Waals surface area contributed by atoms with Gasteiger partial charge in [0.05, 0.1) is 6.17 Å². The van der Waals surface area contributed by atoms with Gasteiger partial charge in [-0.15, -0.1) is 0 Å². The first kappa shape index (κ1) is 12.0. The number of benzene rings is 1. The SMILES string of the molecule is c1ccc(N2CCN(C3CNCC[N]3)CC2)cc1. The fraction of sp³-hybridized carbons (Fsp3) is 0.571. The van der Waals surface area contributed by atoms with Crippen LogP contribution in [-0.2, 0) is 0 Å². The summed E-state index contributed by atoms with van der Waals surface area (Å²) in [5, 5.41) is 8.12. The second-order valence-corrected chi connectivity index (χ2v) is 4.95. The average Bonchev–Trinajstić information content (AvgIpc) is 2.49. The molecule has 2 aliphatic rings. The van der Waals surface area contributed by atoms with E-state index in [0.29, 0.717) is 6.17 Å². The fourth-order valence-corrected chi connectivity index (χ4v) is 2.75. The Balaban J connectivity index is 1.54. The molecule has 0 amide bonds. The van der Waals surface area contributed by atoms with Crippen LogP contribution in [0.3, 0.4) is 0 Å². The lowest BCUT2D eigenvalue weighted by Crippen LogP contribution is -2.59. The van der Waals surface area contributed by atoms with Gasteiger partial charge in [-0.2, -0.15) is 0 Å². The second kappa shape index (κ2) is 5.69. The molecule has 1 unspecified atom stereocenters. The number of nitrogens with zero attached hydrogens (tertiary/aromatic N) is 3. The van der Waals surface area contributed by atoms with E-state index in [4.69, 9.17) is 5.32 Å². The largest absolute Gasteiger partial charge is 0.369 e. The Hall–Kier alpha value is -1.10. The van der Waals surface area contributed by atoms with Crippen LogP contribution in [0.25, 0.3) is 0 Å². The molecule has 3 rings (SSSR count). The van der Waals surface area contributed by atoms with E-state index < -0.39 is 0 Å². The molecule has 18 heavy (non-hydrogen) atoms. The zero-order chi connectivity index (χ0) is 12.2. The van der Waals surface area contributed by atoms with Gasteiger partial charge >= 0.3 is 0 Å². The Bertz CT molecular complexity index is 353. The minimum absolute atomic E-state index is 0.400. The number of piperazine rings is 2. The van der Waals surface area contributed by atoms with Crippen molar-refractivity contribution >= 4 is 5.69 Å². The predicted molar refractivity (Wildman–Crippen MR) is 73.9 cm³/mol. The van der Waals surface area contributed by atoms with Crippen LogP contribution in [0.5, 0.6) is 0 Å². The molecule has 2 saturated heterocycles. The molecule has 0 spiro atoms. The molecule has 1 aromatic rings. The normalized spacial score (nSPS) is 26.2. The minimum atomic E-state index is 0.400. The predicted octanol–water partition coefficient (Wildman–Crippen LogP) is 0.342. The van der Waals surface area contributed by atoms with Crippen LogP contribution in [0.15, 0.2) is 30.3 Å². The topological polar surface area (TPSA) is 32.6 Å². The lowest BCUT2D eigenvalue weighted by molar-refractivity contribution is 0.136. The van der Waals surface area contributed by atoms with Crippen LogP contribution in [-0.4, -0.2) is 56.9 Å². The van der Waals surface area contributed by atoms with E-state index in [1.54, 1.807) is 0 Å². The maximum absolute atomic E-state index is 4.70. The van der Waals surface area contributed by atoms with E-state index in [9.17, 15) is 0 Å². The van der Waals surface area contributed by atoms with Gasteiger partial charge in [0.15, 0.2) is 0 Å². The molecule has 0 saturated carbocycles. The van der Waals surface area contributed by atoms with Gasteiger partial charge in [0, 0.05) is 51.5 Å². The maximum atomic E-state index is 4.70. The Labute approximate surface area is 109 Å². The summed E-state index contributed by atoms with van der Waals surface area (Å²) in [6.07, 6.45) is 0.400. The van der Waals surface area contributed by atoms with E-state index in [2.05, 4.69) is 45.4 Å². The monoisotopic (exact) mass is 245 g/mol. The van der Waals surface area contributed by atoms with Crippen molar-refractivity contribution in [2.75, 3.05) is 50.7 Å². The summed E-state index contributed by atoms with van der Waals surface area (Å²) in [6.45, 7) is 7.47. The lowest BCUT2D eigenvalue weighted by atomic mass is 10.2. The molecule has 2 heterocycles. The number of nitrogens with one attached hydrogen (secondary N) is 1. The molecule has 0 aliphatic carbocycles. The third kappa shape index (κ3) is 2.66. The van der Waals surface area contributed by atoms with Crippen LogP contribution >= 0.6 is 0 Å². The first-order valence-electron chi connectivity index (χ1n) is 6.85. The van der Waals surface area contributed by atoms with E-state index >= 15 is 0 Å². The van der Waals surface area contributed by atoms with Gasteiger partial charge < -0.3 is 10.2 Å². The van der Waals surface area contributed by atoms with Crippen molar-refractivity contribution in [2.24, 2.45) is 0 Å². The van der Waals surface area contributed by atoms with Crippen molar-refractivity contribution in [3.8, 4) is 0 Å². The number of rotatable bonds is 2. The third-order valence-electron chi connectivity index (χ3n) is 3.81. The Morgan fingerprint density at radius 1 is 1.06 bits per heavy atom. The minimum Gasteiger partial charge on any atom is -0.369 e. The zero-order valence-corrected chi connectivity index (χ0v) is 10.8. The summed E-state index contributed by atoms with van der Waals surface area (Å²) in [5.74, 6) is 0. The second-order valence-electron chi connectivity index (χ2n) is 4.95. The number of hydrogen-bond donors (Lipinski definition) is 1. The Morgan fingerprint density at radius 2 is 1.83 bits per heavy atom. The summed E-state index contributed by atoms with van der Waals surface area (Å²) in [6, 6.07) is 10.7. The lowest BCUT2D eigenvalue weighted by Gasteiger charge is -2.41. The Morgan fingerprint density at radius 3 is 2.50 bits per heavy atom. The summed E-state index contributed by atoms with van der Waals surface area (Å²) in [4.78, 5) is 4.97. The molecule has 2 aliphatic heterocycles. The molecule has 4 nitrogen and oxygen atoms in total. The van der Waals surface area contributed by atoms with Crippen LogP contribution < -0.4 is 15.5 Å². The van der Waals surface area contributed by atoms with Gasteiger partial charge in [0.2, 0.25) is 0 Å². The highest BCUT2D eigenvalue weighted by atomic mass is 15.3. The standard InChI is InChI=1S/C14H21N4/c1-2-4-13(5-3-1)17-8-10-18(11-9-17)14-12-15-6-7-16-14/h1-5,14-15H,6-12H2. The van der Waals surface area contributed by atoms with Crippen molar-refractivity contribution in [2.45, 2.75) is 6.17 Å². The van der Waals surface area contributed by atoms with E-state index in [1.807, 2.05) is 0 Å². The smallest absolute Gasteiger partial charge is 0.0888 e. The Kier molecular flexibility index (Phi) is 3.78. The van der Waals surface area contributed by atoms with Gasteiger partial charge in [0.25, 0.3) is 0 Å². The van der Waals surface area contributed by atoms with Crippen molar-refractivity contribution < 1.29 is 0 Å². The summed E-state index contributed by atoms with van der Waals surface area (Å²) in [7, 11) is 0. The summed E-state index contributed by atoms with van der Waals surface area (Å²) < 4.78 is 0. The van der Waals surface area contributed by atoms with Crippen LogP contribution in [0, 0.1) is 0 Å². The van der Waals surface area contributed by atoms with E-state index in [-0.39, 0.29) is 0 Å². The fourth-order valence-electron chi connectivity index (χ4n) is 2.75. The highest BCUT2D eigenvalue weighted by Crippen LogP contribution is 2.16. The number of para-hydroxylation sites is 1. The third-order valence-corrected chi connectivity index (χ3v) is 3.81. The average molecular weight is 245 g/mol. The maximum Gasteiger partial charge on any atom is 0.0888 e. The van der Waals surface area contributed by atoms with Gasteiger partial charge in [-0.3, -0.25) is 4.90 Å². The molecule has 0 bridgehead atoms. The molecule has 1 atom stereocenters. The highest BCUT2D eigenvalue weighted by Gasteiger charge is 2.25. The van der Waals surface area contributed by atoms with Gasteiger partial charge in [-0.25, -0.2) is 5.32 Å². The molecule has 1 N–H and O–H groups in total. The van der Waals surface area contributed by atoms with Crippen molar-refractivity contribution in [3.63, 3.8) is 0 Å². The number of anilines is 1. The zero-order valence-electron chi connectivity index (χ0n) is 10.8. The quantitative estimate of drug-likeness (QED) is 0.816. The summed E-state index contributed by atoms with van der Waals surface area (Å²) in [5.41, 5.74) is 1.34. The first-order chi connectivity index (χ1) is 8.93. The van der Waals surface area contributed by atoms with Crippen LogP contribution in [0.4, 0.5) is 5.69 Å². The number of hydrogen-bond acceptors (Lipinski definition) is 3. The van der Waals surface area contributed by atoms with Crippen LogP contribution in [0.1, 0.15) is 0 Å². The molecule has 0 aromatic heterocycles. The van der Waals surface area contributed by atoms with E-state index in [0.717, 1.165) is 45.8 Å². The summed E-state index contributed by atoms with van der Waals surface area (Å²) >= 11 is 0. The molecular formula is C14H21N4. The van der Waals surface area contributed by atoms with Gasteiger partial charge in [0.1, 0.15) is 0 Å². The molecule has 97 valence electrons. The van der Waals surface area contributed by atoms with Gasteiger partial charge in [-0.1, -0.05) is 18.2 Å². The van der Waals surface area contributed by atoms with Crippen molar-refractivity contribution in [1.29, 1.82) is 0 Å². The molecule has 4 heteroatoms. The molecular weight excluding hydrogens is 224 g/mol.